The quantitative estimate of drug-likeness (QED) is 0.562. The minimum atomic E-state index is -4.67. The van der Waals surface area contributed by atoms with Gasteiger partial charge in [-0.25, -0.2) is 13.4 Å². The van der Waals surface area contributed by atoms with Gasteiger partial charge >= 0.3 is 6.18 Å². The van der Waals surface area contributed by atoms with Crippen LogP contribution in [0.3, 0.4) is 0 Å². The number of alkyl halides is 3. The molecule has 0 aliphatic carbocycles. The van der Waals surface area contributed by atoms with Crippen LogP contribution in [0.15, 0.2) is 46.3 Å². The number of likely N-dealkylation sites (tertiary alicyclic amines) is 1. The number of aromatic nitrogens is 3. The summed E-state index contributed by atoms with van der Waals surface area (Å²) in [4.78, 5) is 31.3. The number of halogens is 3. The van der Waals surface area contributed by atoms with Gasteiger partial charge in [0.2, 0.25) is 5.91 Å². The third-order valence-electron chi connectivity index (χ3n) is 5.89. The van der Waals surface area contributed by atoms with E-state index in [-0.39, 0.29) is 44.8 Å². The van der Waals surface area contributed by atoms with E-state index < -0.39 is 27.1 Å². The number of sulfone groups is 1. The first kappa shape index (κ1) is 24.8. The second kappa shape index (κ2) is 9.04. The van der Waals surface area contributed by atoms with Gasteiger partial charge in [-0.05, 0) is 38.2 Å². The molecule has 0 bridgehead atoms. The molecule has 1 saturated heterocycles. The number of carbonyl (C=O) groups excluding carboxylic acids is 1. The molecule has 9 nitrogen and oxygen atoms in total. The molecule has 4 rings (SSSR count). The van der Waals surface area contributed by atoms with Crippen LogP contribution in [0.2, 0.25) is 0 Å². The van der Waals surface area contributed by atoms with Crippen LogP contribution in [0.1, 0.15) is 18.9 Å². The molecule has 1 fully saturated rings. The van der Waals surface area contributed by atoms with Crippen LogP contribution in [-0.2, 0) is 20.8 Å². The van der Waals surface area contributed by atoms with Crippen molar-refractivity contribution in [2.24, 2.45) is 5.92 Å². The van der Waals surface area contributed by atoms with Crippen molar-refractivity contribution in [2.45, 2.75) is 24.4 Å². The maximum Gasteiger partial charge on any atom is 0.416 e. The van der Waals surface area contributed by atoms with Gasteiger partial charge in [-0.15, -0.1) is 0 Å². The van der Waals surface area contributed by atoms with E-state index in [9.17, 15) is 31.2 Å². The fourth-order valence-electron chi connectivity index (χ4n) is 3.91. The number of benzene rings is 1. The highest BCUT2D eigenvalue weighted by molar-refractivity contribution is 7.91. The zero-order valence-corrected chi connectivity index (χ0v) is 19.7. The summed E-state index contributed by atoms with van der Waals surface area (Å²) in [5, 5.41) is 6.47. The Balaban J connectivity index is 1.81. The minimum absolute atomic E-state index is 0.119. The summed E-state index contributed by atoms with van der Waals surface area (Å²) in [5.74, 6) is -1.26. The zero-order valence-electron chi connectivity index (χ0n) is 18.8. The number of rotatable bonds is 5. The van der Waals surface area contributed by atoms with Crippen molar-refractivity contribution in [3.05, 3.63) is 52.6 Å². The lowest BCUT2D eigenvalue weighted by molar-refractivity contribution is -0.137. The molecule has 0 saturated carbocycles. The number of hydrogen-bond donors (Lipinski definition) is 1. The Hall–Kier alpha value is -3.32. The summed E-state index contributed by atoms with van der Waals surface area (Å²) in [6.45, 7) is 2.72. The molecule has 3 heterocycles. The topological polar surface area (TPSA) is 114 Å². The van der Waals surface area contributed by atoms with Gasteiger partial charge in [0.05, 0.1) is 40.7 Å². The fraction of sp³-hybridized carbons (Fsp3) is 0.364. The predicted octanol–water partition coefficient (Wildman–Crippen LogP) is 2.48. The summed E-state index contributed by atoms with van der Waals surface area (Å²) in [6, 6.07) is 3.82. The molecule has 2 aromatic heterocycles. The van der Waals surface area contributed by atoms with Crippen LogP contribution < -0.4 is 10.9 Å². The molecule has 1 atom stereocenters. The van der Waals surface area contributed by atoms with Crippen LogP contribution in [0, 0.1) is 5.92 Å². The number of nitrogens with zero attached hydrogens (tertiary/aromatic N) is 4. The number of nitrogens with one attached hydrogen (secondary N) is 1. The highest BCUT2D eigenvalue weighted by Gasteiger charge is 2.31. The van der Waals surface area contributed by atoms with E-state index in [2.05, 4.69) is 15.4 Å². The molecule has 1 N–H and O–H groups in total. The summed E-state index contributed by atoms with van der Waals surface area (Å²) in [6.07, 6.45) is -1.67. The normalized spacial score (nSPS) is 17.1. The molecule has 1 unspecified atom stereocenters. The van der Waals surface area contributed by atoms with Gasteiger partial charge in [0.15, 0.2) is 15.7 Å². The second-order valence-electron chi connectivity index (χ2n) is 8.35. The predicted molar refractivity (Wildman–Crippen MR) is 122 cm³/mol. The molecule has 13 heteroatoms. The van der Waals surface area contributed by atoms with Gasteiger partial charge in [0.25, 0.3) is 5.56 Å². The summed E-state index contributed by atoms with van der Waals surface area (Å²) in [7, 11) is -2.08. The maximum atomic E-state index is 13.2. The summed E-state index contributed by atoms with van der Waals surface area (Å²) < 4.78 is 65.8. The first-order valence-corrected chi connectivity index (χ1v) is 12.4. The van der Waals surface area contributed by atoms with Crippen LogP contribution in [-0.4, -0.2) is 59.9 Å². The van der Waals surface area contributed by atoms with E-state index in [0.717, 1.165) is 24.9 Å². The molecule has 186 valence electrons. The van der Waals surface area contributed by atoms with Crippen LogP contribution >= 0.6 is 0 Å². The Bertz CT molecular complexity index is 1470. The average molecular weight is 510 g/mol. The molecule has 1 aromatic carbocycles. The Labute approximate surface area is 198 Å². The third-order valence-corrected chi connectivity index (χ3v) is 7.62. The molecule has 35 heavy (non-hydrogen) atoms. The number of amides is 1. The fourth-order valence-corrected chi connectivity index (χ4v) is 4.95. The van der Waals surface area contributed by atoms with Crippen LogP contribution in [0.5, 0.6) is 0 Å². The molecular formula is C22H22F3N5O4S. The van der Waals surface area contributed by atoms with E-state index in [1.807, 2.05) is 11.9 Å². The monoisotopic (exact) mass is 509 g/mol. The van der Waals surface area contributed by atoms with Gasteiger partial charge in [-0.1, -0.05) is 13.0 Å². The van der Waals surface area contributed by atoms with Crippen molar-refractivity contribution in [3.63, 3.8) is 0 Å². The smallest absolute Gasteiger partial charge is 0.324 e. The van der Waals surface area contributed by atoms with Crippen molar-refractivity contribution in [3.8, 4) is 5.82 Å². The largest absolute Gasteiger partial charge is 0.416 e. The maximum absolute atomic E-state index is 13.2. The number of anilines is 1. The van der Waals surface area contributed by atoms with Gasteiger partial charge in [0, 0.05) is 11.9 Å². The zero-order chi connectivity index (χ0) is 25.5. The van der Waals surface area contributed by atoms with Crippen molar-refractivity contribution < 1.29 is 26.4 Å². The van der Waals surface area contributed by atoms with Crippen molar-refractivity contribution in [2.75, 3.05) is 31.2 Å². The molecule has 1 aliphatic heterocycles. The highest BCUT2D eigenvalue weighted by atomic mass is 32.2. The molecule has 1 aliphatic rings. The Morgan fingerprint density at radius 3 is 2.60 bits per heavy atom. The first-order chi connectivity index (χ1) is 16.4. The lowest BCUT2D eigenvalue weighted by Crippen LogP contribution is -2.27. The number of carbonyl (C=O) groups is 1. The lowest BCUT2D eigenvalue weighted by Gasteiger charge is -2.15. The van der Waals surface area contributed by atoms with E-state index >= 15 is 0 Å². The first-order valence-electron chi connectivity index (χ1n) is 10.7. The van der Waals surface area contributed by atoms with Crippen molar-refractivity contribution >= 4 is 32.2 Å². The van der Waals surface area contributed by atoms with Crippen LogP contribution in [0.4, 0.5) is 18.9 Å². The van der Waals surface area contributed by atoms with Gasteiger partial charge in [-0.3, -0.25) is 9.59 Å². The third kappa shape index (κ3) is 4.91. The van der Waals surface area contributed by atoms with Gasteiger partial charge < -0.3 is 10.2 Å². The molecule has 0 spiro atoms. The standard InChI is InChI=1S/C22H22F3N5O4S/c1-3-35(33,34)18-9-16(28-20(31)14-6-7-29(2)12-14)11-26-19(18)30-21(32)17-8-15(22(23,24)25)5-4-13(17)10-27-30/h4-5,8-11,14H,3,6-7,12H2,1-2H3,(H,28,31). The average Bonchev–Trinajstić information content (AvgIpc) is 3.25. The molecule has 3 aromatic rings. The number of hydrogen-bond acceptors (Lipinski definition) is 7. The molecule has 0 radical (unpaired) electrons. The molecular weight excluding hydrogens is 487 g/mol. The number of fused-ring (bicyclic) bond motifs is 1. The SMILES string of the molecule is CCS(=O)(=O)c1cc(NC(=O)C2CCN(C)C2)cnc1-n1ncc2ccc(C(F)(F)F)cc2c1=O. The van der Waals surface area contributed by atoms with E-state index in [0.29, 0.717) is 23.7 Å². The van der Waals surface area contributed by atoms with Crippen molar-refractivity contribution in [1.29, 1.82) is 0 Å². The van der Waals surface area contributed by atoms with Crippen molar-refractivity contribution in [1.82, 2.24) is 19.7 Å². The van der Waals surface area contributed by atoms with E-state index in [1.54, 1.807) is 0 Å². The Morgan fingerprint density at radius 1 is 1.23 bits per heavy atom. The van der Waals surface area contributed by atoms with Crippen LogP contribution in [0.25, 0.3) is 16.6 Å². The Kier molecular flexibility index (Phi) is 6.40. The summed E-state index contributed by atoms with van der Waals surface area (Å²) >= 11 is 0. The van der Waals surface area contributed by atoms with E-state index in [4.69, 9.17) is 0 Å². The summed E-state index contributed by atoms with van der Waals surface area (Å²) in [5.41, 5.74) is -1.86. The van der Waals surface area contributed by atoms with Gasteiger partial charge in [-0.2, -0.15) is 23.0 Å². The van der Waals surface area contributed by atoms with E-state index in [1.165, 1.54) is 19.2 Å². The molecule has 1 amide bonds. The number of pyridine rings is 1. The highest BCUT2D eigenvalue weighted by Crippen LogP contribution is 2.31. The minimum Gasteiger partial charge on any atom is -0.324 e. The lowest BCUT2D eigenvalue weighted by atomic mass is 10.1. The second-order valence-corrected chi connectivity index (χ2v) is 10.6. The Morgan fingerprint density at radius 2 is 1.97 bits per heavy atom. The van der Waals surface area contributed by atoms with Gasteiger partial charge in [0.1, 0.15) is 4.90 Å².